The van der Waals surface area contributed by atoms with Gasteiger partial charge in [0.2, 0.25) is 0 Å². The molecule has 0 fully saturated rings. The summed E-state index contributed by atoms with van der Waals surface area (Å²) in [6.45, 7) is 1.90. The normalized spacial score (nSPS) is 12.1. The van der Waals surface area contributed by atoms with Crippen molar-refractivity contribution in [2.45, 2.75) is 6.92 Å². The lowest BCUT2D eigenvalue weighted by atomic mass is 10.0. The molecule has 0 saturated heterocycles. The number of hydrogen-bond acceptors (Lipinski definition) is 3. The lowest BCUT2D eigenvalue weighted by molar-refractivity contribution is 0.628. The molecule has 1 aromatic heterocycles. The highest BCUT2D eigenvalue weighted by Gasteiger charge is 2.06. The summed E-state index contributed by atoms with van der Waals surface area (Å²) in [7, 11) is 1.68. The van der Waals surface area contributed by atoms with E-state index in [0.717, 1.165) is 22.4 Å². The van der Waals surface area contributed by atoms with Gasteiger partial charge in [0.05, 0.1) is 5.71 Å². The Bertz CT molecular complexity index is 737. The third-order valence-corrected chi connectivity index (χ3v) is 3.07. The second-order valence-electron chi connectivity index (χ2n) is 4.45. The second kappa shape index (κ2) is 6.58. The number of halogens is 1. The molecule has 0 aliphatic rings. The Balaban J connectivity index is 2.41. The number of pyridine rings is 1. The number of nitrogens with zero attached hydrogens (tertiary/aromatic N) is 3. The van der Waals surface area contributed by atoms with Crippen molar-refractivity contribution >= 4 is 11.3 Å². The quantitative estimate of drug-likeness (QED) is 0.806. The summed E-state index contributed by atoms with van der Waals surface area (Å²) < 4.78 is 13.0. The predicted molar refractivity (Wildman–Crippen MR) is 81.5 cm³/mol. The molecule has 2 aromatic rings. The molecule has 0 bridgehead atoms. The van der Waals surface area contributed by atoms with Gasteiger partial charge in [-0.1, -0.05) is 6.07 Å². The highest BCUT2D eigenvalue weighted by molar-refractivity contribution is 6.12. The third kappa shape index (κ3) is 3.40. The maximum Gasteiger partial charge on any atom is 0.147 e. The molecule has 1 heterocycles. The Labute approximate surface area is 123 Å². The number of nitriles is 1. The summed E-state index contributed by atoms with van der Waals surface area (Å²) in [6, 6.07) is 11.8. The summed E-state index contributed by atoms with van der Waals surface area (Å²) in [6.07, 6.45) is 3.45. The van der Waals surface area contributed by atoms with Crippen LogP contribution in [0.25, 0.3) is 5.57 Å². The molecule has 0 N–H and O–H groups in total. The molecule has 0 aliphatic heterocycles. The lowest BCUT2D eigenvalue weighted by Crippen LogP contribution is -1.99. The maximum absolute atomic E-state index is 13.0. The average molecular weight is 279 g/mol. The Hall–Kier alpha value is -2.80. The molecule has 21 heavy (non-hydrogen) atoms. The third-order valence-electron chi connectivity index (χ3n) is 3.07. The fourth-order valence-electron chi connectivity index (χ4n) is 1.99. The fourth-order valence-corrected chi connectivity index (χ4v) is 1.99. The molecule has 0 aliphatic carbocycles. The van der Waals surface area contributed by atoms with Crippen LogP contribution in [-0.2, 0) is 0 Å². The van der Waals surface area contributed by atoms with Crippen LogP contribution in [0.15, 0.2) is 53.7 Å². The van der Waals surface area contributed by atoms with E-state index in [9.17, 15) is 4.39 Å². The van der Waals surface area contributed by atoms with Crippen molar-refractivity contribution in [3.63, 3.8) is 0 Å². The van der Waals surface area contributed by atoms with E-state index >= 15 is 0 Å². The molecule has 1 aromatic carbocycles. The van der Waals surface area contributed by atoms with Gasteiger partial charge in [-0.2, -0.15) is 5.26 Å². The zero-order valence-corrected chi connectivity index (χ0v) is 11.8. The minimum Gasteiger partial charge on any atom is -0.288 e. The van der Waals surface area contributed by atoms with E-state index in [1.165, 1.54) is 12.1 Å². The summed E-state index contributed by atoms with van der Waals surface area (Å²) in [5, 5.41) is 9.09. The SMILES string of the molecule is CN=C(/C=C(\C)c1cccnc1C#N)c1ccc(F)cc1. The van der Waals surface area contributed by atoms with Gasteiger partial charge < -0.3 is 0 Å². The van der Waals surface area contributed by atoms with Crippen LogP contribution in [0, 0.1) is 17.1 Å². The Morgan fingerprint density at radius 3 is 2.62 bits per heavy atom. The number of allylic oxidation sites excluding steroid dienone is 2. The predicted octanol–water partition coefficient (Wildman–Crippen LogP) is 3.61. The fraction of sp³-hybridized carbons (Fsp3) is 0.118. The summed E-state index contributed by atoms with van der Waals surface area (Å²) in [4.78, 5) is 8.27. The first-order valence-corrected chi connectivity index (χ1v) is 6.42. The first-order valence-electron chi connectivity index (χ1n) is 6.42. The number of benzene rings is 1. The van der Waals surface area contributed by atoms with Crippen molar-refractivity contribution in [3.8, 4) is 6.07 Å². The van der Waals surface area contributed by atoms with Gasteiger partial charge in [0.25, 0.3) is 0 Å². The molecule has 0 radical (unpaired) electrons. The highest BCUT2D eigenvalue weighted by Crippen LogP contribution is 2.18. The van der Waals surface area contributed by atoms with Gasteiger partial charge in [-0.05, 0) is 54.5 Å². The molecule has 0 unspecified atom stereocenters. The molecular formula is C17H14FN3. The van der Waals surface area contributed by atoms with E-state index in [-0.39, 0.29) is 5.82 Å². The Morgan fingerprint density at radius 2 is 2.00 bits per heavy atom. The van der Waals surface area contributed by atoms with Crippen LogP contribution in [0.1, 0.15) is 23.7 Å². The van der Waals surface area contributed by atoms with Crippen LogP contribution in [0.4, 0.5) is 4.39 Å². The van der Waals surface area contributed by atoms with E-state index in [1.54, 1.807) is 31.4 Å². The molecule has 2 rings (SSSR count). The van der Waals surface area contributed by atoms with Crippen LogP contribution in [-0.4, -0.2) is 17.7 Å². The smallest absolute Gasteiger partial charge is 0.147 e. The second-order valence-corrected chi connectivity index (χ2v) is 4.45. The summed E-state index contributed by atoms with van der Waals surface area (Å²) >= 11 is 0. The van der Waals surface area contributed by atoms with Gasteiger partial charge in [-0.3, -0.25) is 4.99 Å². The molecule has 0 amide bonds. The van der Waals surface area contributed by atoms with Gasteiger partial charge in [0, 0.05) is 18.8 Å². The van der Waals surface area contributed by atoms with Crippen LogP contribution < -0.4 is 0 Å². The highest BCUT2D eigenvalue weighted by atomic mass is 19.1. The van der Waals surface area contributed by atoms with E-state index in [1.807, 2.05) is 19.1 Å². The van der Waals surface area contributed by atoms with Crippen molar-refractivity contribution in [2.75, 3.05) is 7.05 Å². The average Bonchev–Trinajstić information content (AvgIpc) is 2.53. The molecular weight excluding hydrogens is 265 g/mol. The summed E-state index contributed by atoms with van der Waals surface area (Å²) in [5.74, 6) is -0.283. The van der Waals surface area contributed by atoms with Crippen molar-refractivity contribution in [1.29, 1.82) is 5.26 Å². The standard InChI is InChI=1S/C17H14FN3/c1-12(15-4-3-9-21-17(15)11-19)10-16(20-2)13-5-7-14(18)8-6-13/h3-10H,1-2H3/b12-10+,20-16?. The van der Waals surface area contributed by atoms with E-state index < -0.39 is 0 Å². The van der Waals surface area contributed by atoms with Crippen LogP contribution in [0.5, 0.6) is 0 Å². The van der Waals surface area contributed by atoms with Gasteiger partial charge in [-0.15, -0.1) is 0 Å². The summed E-state index contributed by atoms with van der Waals surface area (Å²) in [5.41, 5.74) is 3.56. The van der Waals surface area contributed by atoms with Crippen molar-refractivity contribution in [1.82, 2.24) is 4.98 Å². The minimum atomic E-state index is -0.283. The van der Waals surface area contributed by atoms with Gasteiger partial charge in [-0.25, -0.2) is 9.37 Å². The monoisotopic (exact) mass is 279 g/mol. The van der Waals surface area contributed by atoms with Crippen molar-refractivity contribution in [3.05, 3.63) is 71.3 Å². The molecule has 4 heteroatoms. The first-order chi connectivity index (χ1) is 10.2. The zero-order valence-electron chi connectivity index (χ0n) is 11.8. The Kier molecular flexibility index (Phi) is 4.57. The molecule has 104 valence electrons. The van der Waals surface area contributed by atoms with Crippen molar-refractivity contribution < 1.29 is 4.39 Å². The number of aromatic nitrogens is 1. The van der Waals surface area contributed by atoms with Crippen LogP contribution in [0.2, 0.25) is 0 Å². The number of rotatable bonds is 3. The van der Waals surface area contributed by atoms with E-state index in [2.05, 4.69) is 16.0 Å². The van der Waals surface area contributed by atoms with E-state index in [4.69, 9.17) is 5.26 Å². The molecule has 0 atom stereocenters. The minimum absolute atomic E-state index is 0.283. The van der Waals surface area contributed by atoms with Gasteiger partial charge in [0.1, 0.15) is 17.6 Å². The lowest BCUT2D eigenvalue weighted by Gasteiger charge is -2.06. The largest absolute Gasteiger partial charge is 0.288 e. The van der Waals surface area contributed by atoms with Crippen molar-refractivity contribution in [2.24, 2.45) is 4.99 Å². The maximum atomic E-state index is 13.0. The number of hydrogen-bond donors (Lipinski definition) is 0. The molecule has 0 spiro atoms. The topological polar surface area (TPSA) is 49.0 Å². The van der Waals surface area contributed by atoms with Gasteiger partial charge in [0.15, 0.2) is 0 Å². The van der Waals surface area contributed by atoms with Gasteiger partial charge >= 0.3 is 0 Å². The molecule has 0 saturated carbocycles. The van der Waals surface area contributed by atoms with Crippen LogP contribution in [0.3, 0.4) is 0 Å². The Morgan fingerprint density at radius 1 is 1.29 bits per heavy atom. The first kappa shape index (κ1) is 14.6. The van der Waals surface area contributed by atoms with E-state index in [0.29, 0.717) is 5.69 Å². The van der Waals surface area contributed by atoms with Crippen LogP contribution >= 0.6 is 0 Å². The molecule has 3 nitrogen and oxygen atoms in total. The zero-order chi connectivity index (χ0) is 15.2. The number of aliphatic imine (C=N–C) groups is 1.